The second-order valence-electron chi connectivity index (χ2n) is 2.32. The monoisotopic (exact) mass is 146 g/mol. The molecule has 0 saturated carbocycles. The Labute approximate surface area is 60.7 Å². The first-order chi connectivity index (χ1) is 4.57. The Kier molecular flexibility index (Phi) is 3.99. The van der Waals surface area contributed by atoms with Crippen LogP contribution in [-0.2, 0) is 9.53 Å². The van der Waals surface area contributed by atoms with Gasteiger partial charge in [0, 0.05) is 6.04 Å². The van der Waals surface area contributed by atoms with Gasteiger partial charge in [-0.05, 0) is 13.8 Å². The van der Waals surface area contributed by atoms with Crippen LogP contribution in [0.4, 0.5) is 0 Å². The van der Waals surface area contributed by atoms with E-state index in [-0.39, 0.29) is 6.04 Å². The summed E-state index contributed by atoms with van der Waals surface area (Å²) in [6, 6.07) is 0.189. The minimum Gasteiger partial charge on any atom is -0.467 e. The minimum atomic E-state index is -0.704. The van der Waals surface area contributed by atoms with Gasteiger partial charge in [0.15, 0.2) is 6.17 Å². The molecule has 0 heterocycles. The van der Waals surface area contributed by atoms with Crippen molar-refractivity contribution in [3.63, 3.8) is 0 Å². The van der Waals surface area contributed by atoms with E-state index in [4.69, 9.17) is 5.73 Å². The van der Waals surface area contributed by atoms with E-state index in [0.29, 0.717) is 0 Å². The number of nitrogens with one attached hydrogen (secondary N) is 1. The van der Waals surface area contributed by atoms with Crippen LogP contribution in [0.15, 0.2) is 0 Å². The van der Waals surface area contributed by atoms with Crippen molar-refractivity contribution < 1.29 is 9.53 Å². The molecule has 0 aliphatic rings. The van der Waals surface area contributed by atoms with Gasteiger partial charge < -0.3 is 10.5 Å². The third kappa shape index (κ3) is 3.42. The van der Waals surface area contributed by atoms with Crippen molar-refractivity contribution >= 4 is 5.97 Å². The Balaban J connectivity index is 3.61. The average Bonchev–Trinajstić information content (AvgIpc) is 1.85. The molecule has 0 aliphatic heterocycles. The normalized spacial score (nSPS) is 13.3. The first-order valence-electron chi connectivity index (χ1n) is 3.17. The Morgan fingerprint density at radius 2 is 2.10 bits per heavy atom. The Morgan fingerprint density at radius 1 is 1.60 bits per heavy atom. The summed E-state index contributed by atoms with van der Waals surface area (Å²) in [4.78, 5) is 10.6. The van der Waals surface area contributed by atoms with Crippen molar-refractivity contribution in [3.05, 3.63) is 0 Å². The molecule has 4 nitrogen and oxygen atoms in total. The van der Waals surface area contributed by atoms with Gasteiger partial charge in [0.25, 0.3) is 0 Å². The summed E-state index contributed by atoms with van der Waals surface area (Å²) in [7, 11) is 1.31. The third-order valence-corrected chi connectivity index (χ3v) is 0.968. The number of carbonyl (C=O) groups is 1. The fourth-order valence-corrected chi connectivity index (χ4v) is 0.554. The first-order valence-corrected chi connectivity index (χ1v) is 3.17. The molecule has 4 heteroatoms. The van der Waals surface area contributed by atoms with Crippen LogP contribution in [0.2, 0.25) is 0 Å². The van der Waals surface area contributed by atoms with Gasteiger partial charge in [0.05, 0.1) is 7.11 Å². The lowest BCUT2D eigenvalue weighted by molar-refractivity contribution is -0.143. The molecular weight excluding hydrogens is 132 g/mol. The van der Waals surface area contributed by atoms with Crippen molar-refractivity contribution in [1.82, 2.24) is 5.32 Å². The predicted octanol–water partition coefficient (Wildman–Crippen LogP) is -0.558. The van der Waals surface area contributed by atoms with E-state index in [1.54, 1.807) is 0 Å². The smallest absolute Gasteiger partial charge is 0.337 e. The maximum atomic E-state index is 10.6. The van der Waals surface area contributed by atoms with Crippen LogP contribution in [0.25, 0.3) is 0 Å². The van der Waals surface area contributed by atoms with E-state index in [2.05, 4.69) is 10.1 Å². The Hall–Kier alpha value is -0.610. The van der Waals surface area contributed by atoms with Crippen LogP contribution >= 0.6 is 0 Å². The van der Waals surface area contributed by atoms with Gasteiger partial charge in [0.2, 0.25) is 0 Å². The molecule has 0 aliphatic carbocycles. The molecule has 0 rings (SSSR count). The van der Waals surface area contributed by atoms with E-state index in [1.165, 1.54) is 7.11 Å². The molecule has 1 atom stereocenters. The fourth-order valence-electron chi connectivity index (χ4n) is 0.554. The van der Waals surface area contributed by atoms with E-state index < -0.39 is 12.1 Å². The first kappa shape index (κ1) is 9.39. The van der Waals surface area contributed by atoms with Gasteiger partial charge in [0.1, 0.15) is 0 Å². The largest absolute Gasteiger partial charge is 0.467 e. The highest BCUT2D eigenvalue weighted by Crippen LogP contribution is 1.82. The van der Waals surface area contributed by atoms with Crippen molar-refractivity contribution in [2.24, 2.45) is 5.73 Å². The lowest BCUT2D eigenvalue weighted by Gasteiger charge is -2.13. The van der Waals surface area contributed by atoms with Gasteiger partial charge in [-0.2, -0.15) is 0 Å². The van der Waals surface area contributed by atoms with E-state index in [0.717, 1.165) is 0 Å². The molecule has 1 unspecified atom stereocenters. The summed E-state index contributed by atoms with van der Waals surface area (Å²) in [6.07, 6.45) is -0.704. The molecule has 3 N–H and O–H groups in total. The average molecular weight is 146 g/mol. The zero-order valence-electron chi connectivity index (χ0n) is 6.55. The summed E-state index contributed by atoms with van der Waals surface area (Å²) in [5, 5.41) is 2.80. The minimum absolute atomic E-state index is 0.189. The number of nitrogens with two attached hydrogens (primary N) is 1. The van der Waals surface area contributed by atoms with Gasteiger partial charge in [-0.3, -0.25) is 5.32 Å². The highest BCUT2D eigenvalue weighted by molar-refractivity contribution is 5.74. The molecule has 0 aromatic rings. The second-order valence-corrected chi connectivity index (χ2v) is 2.32. The molecule has 60 valence electrons. The fraction of sp³-hybridized carbons (Fsp3) is 0.833. The number of hydrogen-bond donors (Lipinski definition) is 2. The summed E-state index contributed by atoms with van der Waals surface area (Å²) in [5.74, 6) is -0.436. The highest BCUT2D eigenvalue weighted by Gasteiger charge is 2.12. The number of methoxy groups -OCH3 is 1. The van der Waals surface area contributed by atoms with Gasteiger partial charge >= 0.3 is 5.97 Å². The topological polar surface area (TPSA) is 64.3 Å². The number of ether oxygens (including phenoxy) is 1. The predicted molar refractivity (Wildman–Crippen MR) is 38.3 cm³/mol. The van der Waals surface area contributed by atoms with Gasteiger partial charge in [-0.25, -0.2) is 4.79 Å². The number of hydrogen-bond acceptors (Lipinski definition) is 4. The summed E-state index contributed by atoms with van der Waals surface area (Å²) >= 11 is 0. The molecular formula is C6H14N2O2. The SMILES string of the molecule is COC(=O)C(N)NC(C)C. The molecule has 10 heavy (non-hydrogen) atoms. The zero-order valence-corrected chi connectivity index (χ0v) is 6.55. The van der Waals surface area contributed by atoms with Gasteiger partial charge in [-0.15, -0.1) is 0 Å². The molecule has 0 saturated heterocycles. The summed E-state index contributed by atoms with van der Waals surface area (Å²) in [6.45, 7) is 3.81. The molecule has 0 amide bonds. The zero-order chi connectivity index (χ0) is 8.15. The molecule has 0 fully saturated rings. The summed E-state index contributed by atoms with van der Waals surface area (Å²) in [5.41, 5.74) is 5.34. The van der Waals surface area contributed by atoms with Crippen LogP contribution in [0.3, 0.4) is 0 Å². The van der Waals surface area contributed by atoms with Crippen LogP contribution in [0, 0.1) is 0 Å². The van der Waals surface area contributed by atoms with Crippen LogP contribution in [0.5, 0.6) is 0 Å². The number of esters is 1. The quantitative estimate of drug-likeness (QED) is 0.414. The standard InChI is InChI=1S/C6H14N2O2/c1-4(2)8-5(7)6(9)10-3/h4-5,8H,7H2,1-3H3. The lowest BCUT2D eigenvalue weighted by Crippen LogP contribution is -2.47. The Bertz CT molecular complexity index is 114. The Morgan fingerprint density at radius 3 is 2.40 bits per heavy atom. The maximum Gasteiger partial charge on any atom is 0.337 e. The second kappa shape index (κ2) is 4.24. The van der Waals surface area contributed by atoms with E-state index >= 15 is 0 Å². The number of rotatable bonds is 3. The molecule has 0 aromatic heterocycles. The molecule has 0 aromatic carbocycles. The van der Waals surface area contributed by atoms with E-state index in [9.17, 15) is 4.79 Å². The van der Waals surface area contributed by atoms with Crippen molar-refractivity contribution in [2.45, 2.75) is 26.1 Å². The molecule has 0 bridgehead atoms. The third-order valence-electron chi connectivity index (χ3n) is 0.968. The van der Waals surface area contributed by atoms with Gasteiger partial charge in [-0.1, -0.05) is 0 Å². The van der Waals surface area contributed by atoms with Crippen molar-refractivity contribution in [1.29, 1.82) is 0 Å². The number of carbonyl (C=O) groups excluding carboxylic acids is 1. The maximum absolute atomic E-state index is 10.6. The van der Waals surface area contributed by atoms with Crippen LogP contribution < -0.4 is 11.1 Å². The lowest BCUT2D eigenvalue weighted by atomic mass is 10.3. The van der Waals surface area contributed by atoms with Crippen molar-refractivity contribution in [2.75, 3.05) is 7.11 Å². The highest BCUT2D eigenvalue weighted by atomic mass is 16.5. The summed E-state index contributed by atoms with van der Waals surface area (Å²) < 4.78 is 4.39. The van der Waals surface area contributed by atoms with Crippen LogP contribution in [0.1, 0.15) is 13.8 Å². The van der Waals surface area contributed by atoms with E-state index in [1.807, 2.05) is 13.8 Å². The molecule has 0 radical (unpaired) electrons. The van der Waals surface area contributed by atoms with Crippen molar-refractivity contribution in [3.8, 4) is 0 Å². The van der Waals surface area contributed by atoms with Crippen LogP contribution in [-0.4, -0.2) is 25.3 Å². The molecule has 0 spiro atoms.